The molecule has 0 unspecified atom stereocenters. The first kappa shape index (κ1) is 19.5. The monoisotopic (exact) mass is 320 g/mol. The van der Waals surface area contributed by atoms with Crippen molar-refractivity contribution in [1.29, 1.82) is 0 Å². The second kappa shape index (κ2) is 13.0. The van der Waals surface area contributed by atoms with E-state index >= 15 is 0 Å². The predicted octanol–water partition coefficient (Wildman–Crippen LogP) is 6.00. The summed E-state index contributed by atoms with van der Waals surface area (Å²) < 4.78 is 5.15. The molecule has 0 saturated heterocycles. The second-order valence-corrected chi connectivity index (χ2v) is 6.23. The minimum Gasteiger partial charge on any atom is -0.504 e. The Hall–Kier alpha value is -1.51. The number of phenolic OH excluding ortho intramolecular Hbond substituents is 1. The van der Waals surface area contributed by atoms with E-state index in [1.54, 1.807) is 18.2 Å². The Labute approximate surface area is 141 Å². The third-order valence-electron chi connectivity index (χ3n) is 4.07. The molecule has 0 aliphatic carbocycles. The Kier molecular flexibility index (Phi) is 11.0. The fraction of sp³-hybridized carbons (Fsp3) is 0.650. The number of hydrogen-bond acceptors (Lipinski definition) is 3. The smallest absolute Gasteiger partial charge is 0.311 e. The fourth-order valence-electron chi connectivity index (χ4n) is 2.65. The van der Waals surface area contributed by atoms with Crippen molar-refractivity contribution in [2.45, 2.75) is 84.0 Å². The third kappa shape index (κ3) is 9.98. The minimum atomic E-state index is -0.262. The van der Waals surface area contributed by atoms with Crippen molar-refractivity contribution in [3.63, 3.8) is 0 Å². The van der Waals surface area contributed by atoms with Gasteiger partial charge < -0.3 is 9.84 Å². The standard InChI is InChI=1S/C20H32O3/c1-2-3-4-5-6-7-8-9-10-11-12-17-20(22)23-19-16-14-13-15-18(19)21/h13-16,21H,2-12,17H2,1H3. The number of phenols is 1. The normalized spacial score (nSPS) is 10.7. The molecule has 1 aromatic carbocycles. The quantitative estimate of drug-likeness (QED) is 0.275. The van der Waals surface area contributed by atoms with Crippen LogP contribution in [0.4, 0.5) is 0 Å². The van der Waals surface area contributed by atoms with E-state index in [2.05, 4.69) is 6.92 Å². The lowest BCUT2D eigenvalue weighted by Crippen LogP contribution is -2.07. The summed E-state index contributed by atoms with van der Waals surface area (Å²) in [5.74, 6) is 0.00258. The van der Waals surface area contributed by atoms with Gasteiger partial charge in [-0.3, -0.25) is 4.79 Å². The first-order chi connectivity index (χ1) is 11.2. The lowest BCUT2D eigenvalue weighted by molar-refractivity contribution is -0.134. The van der Waals surface area contributed by atoms with Crippen LogP contribution in [-0.2, 0) is 4.79 Å². The average molecular weight is 320 g/mol. The summed E-state index contributed by atoms with van der Waals surface area (Å²) in [6.45, 7) is 2.25. The van der Waals surface area contributed by atoms with Gasteiger partial charge in [-0.1, -0.05) is 83.3 Å². The third-order valence-corrected chi connectivity index (χ3v) is 4.07. The van der Waals surface area contributed by atoms with Crippen molar-refractivity contribution in [3.8, 4) is 11.5 Å². The van der Waals surface area contributed by atoms with Gasteiger partial charge in [-0.05, 0) is 18.6 Å². The van der Waals surface area contributed by atoms with Crippen LogP contribution in [0.1, 0.15) is 84.0 Å². The van der Waals surface area contributed by atoms with Crippen LogP contribution in [0.5, 0.6) is 11.5 Å². The van der Waals surface area contributed by atoms with Crippen LogP contribution in [0.15, 0.2) is 24.3 Å². The maximum absolute atomic E-state index is 11.7. The minimum absolute atomic E-state index is 0.0137. The zero-order valence-corrected chi connectivity index (χ0v) is 14.6. The van der Waals surface area contributed by atoms with E-state index in [1.807, 2.05) is 0 Å². The molecule has 0 aliphatic heterocycles. The summed E-state index contributed by atoms with van der Waals surface area (Å²) in [5.41, 5.74) is 0. The van der Waals surface area contributed by atoms with E-state index in [4.69, 9.17) is 4.74 Å². The van der Waals surface area contributed by atoms with E-state index in [-0.39, 0.29) is 17.5 Å². The van der Waals surface area contributed by atoms with Gasteiger partial charge in [0.05, 0.1) is 0 Å². The van der Waals surface area contributed by atoms with Crippen molar-refractivity contribution < 1.29 is 14.6 Å². The van der Waals surface area contributed by atoms with Crippen molar-refractivity contribution in [1.82, 2.24) is 0 Å². The molecular weight excluding hydrogens is 288 g/mol. The average Bonchev–Trinajstić information content (AvgIpc) is 2.55. The number of carbonyl (C=O) groups is 1. The first-order valence-corrected chi connectivity index (χ1v) is 9.22. The molecule has 1 rings (SSSR count). The first-order valence-electron chi connectivity index (χ1n) is 9.22. The summed E-state index contributed by atoms with van der Waals surface area (Å²) in [6, 6.07) is 6.57. The molecule has 0 amide bonds. The number of para-hydroxylation sites is 2. The number of ether oxygens (including phenoxy) is 1. The highest BCUT2D eigenvalue weighted by atomic mass is 16.5. The number of carbonyl (C=O) groups excluding carboxylic acids is 1. The topological polar surface area (TPSA) is 46.5 Å². The van der Waals surface area contributed by atoms with Crippen molar-refractivity contribution >= 4 is 5.97 Å². The van der Waals surface area contributed by atoms with Crippen LogP contribution in [-0.4, -0.2) is 11.1 Å². The van der Waals surface area contributed by atoms with Crippen LogP contribution in [0.3, 0.4) is 0 Å². The highest BCUT2D eigenvalue weighted by molar-refractivity contribution is 5.73. The van der Waals surface area contributed by atoms with Gasteiger partial charge in [-0.15, -0.1) is 0 Å². The molecule has 1 aromatic rings. The molecule has 23 heavy (non-hydrogen) atoms. The largest absolute Gasteiger partial charge is 0.504 e. The molecule has 1 N–H and O–H groups in total. The van der Waals surface area contributed by atoms with Crippen LogP contribution in [0, 0.1) is 0 Å². The molecule has 0 spiro atoms. The van der Waals surface area contributed by atoms with Crippen molar-refractivity contribution in [3.05, 3.63) is 24.3 Å². The molecule has 0 saturated carbocycles. The van der Waals surface area contributed by atoms with E-state index < -0.39 is 0 Å². The summed E-state index contributed by atoms with van der Waals surface area (Å²) in [4.78, 5) is 11.7. The van der Waals surface area contributed by atoms with E-state index in [0.717, 1.165) is 12.8 Å². The van der Waals surface area contributed by atoms with Crippen molar-refractivity contribution in [2.24, 2.45) is 0 Å². The molecular formula is C20H32O3. The Balaban J connectivity index is 1.93. The van der Waals surface area contributed by atoms with E-state index in [1.165, 1.54) is 63.9 Å². The van der Waals surface area contributed by atoms with Gasteiger partial charge in [0.2, 0.25) is 0 Å². The Morgan fingerprint density at radius 3 is 1.96 bits per heavy atom. The number of unbranched alkanes of at least 4 members (excludes halogenated alkanes) is 10. The number of hydrogen-bond donors (Lipinski definition) is 1. The number of rotatable bonds is 13. The van der Waals surface area contributed by atoms with Crippen LogP contribution in [0.25, 0.3) is 0 Å². The van der Waals surface area contributed by atoms with Crippen LogP contribution >= 0.6 is 0 Å². The van der Waals surface area contributed by atoms with Gasteiger partial charge >= 0.3 is 5.97 Å². The van der Waals surface area contributed by atoms with Gasteiger partial charge in [0.1, 0.15) is 0 Å². The Morgan fingerprint density at radius 1 is 0.870 bits per heavy atom. The molecule has 0 aliphatic rings. The number of benzene rings is 1. The zero-order chi connectivity index (χ0) is 16.8. The fourth-order valence-corrected chi connectivity index (χ4v) is 2.65. The molecule has 0 heterocycles. The molecule has 0 atom stereocenters. The summed E-state index contributed by atoms with van der Waals surface area (Å²) >= 11 is 0. The molecule has 0 aromatic heterocycles. The van der Waals surface area contributed by atoms with Gasteiger partial charge in [-0.25, -0.2) is 0 Å². The van der Waals surface area contributed by atoms with Gasteiger partial charge in [-0.2, -0.15) is 0 Å². The summed E-state index contributed by atoms with van der Waals surface area (Å²) in [5, 5.41) is 9.54. The van der Waals surface area contributed by atoms with Crippen LogP contribution < -0.4 is 4.74 Å². The molecule has 3 heteroatoms. The molecule has 3 nitrogen and oxygen atoms in total. The van der Waals surface area contributed by atoms with Crippen LogP contribution in [0.2, 0.25) is 0 Å². The molecule has 130 valence electrons. The lowest BCUT2D eigenvalue weighted by atomic mass is 10.1. The summed E-state index contributed by atoms with van der Waals surface area (Å²) in [6.07, 6.45) is 14.3. The lowest BCUT2D eigenvalue weighted by Gasteiger charge is -2.06. The zero-order valence-electron chi connectivity index (χ0n) is 14.6. The van der Waals surface area contributed by atoms with E-state index in [0.29, 0.717) is 6.42 Å². The summed E-state index contributed by atoms with van der Waals surface area (Å²) in [7, 11) is 0. The Bertz CT molecular complexity index is 429. The van der Waals surface area contributed by atoms with E-state index in [9.17, 15) is 9.90 Å². The molecule has 0 fully saturated rings. The SMILES string of the molecule is CCCCCCCCCCCCCC(=O)Oc1ccccc1O. The van der Waals surface area contributed by atoms with Crippen molar-refractivity contribution in [2.75, 3.05) is 0 Å². The highest BCUT2D eigenvalue weighted by Crippen LogP contribution is 2.24. The second-order valence-electron chi connectivity index (χ2n) is 6.23. The maximum Gasteiger partial charge on any atom is 0.311 e. The number of esters is 1. The molecule has 0 radical (unpaired) electrons. The Morgan fingerprint density at radius 2 is 1.39 bits per heavy atom. The van der Waals surface area contributed by atoms with Gasteiger partial charge in [0, 0.05) is 6.42 Å². The van der Waals surface area contributed by atoms with Gasteiger partial charge in [0.25, 0.3) is 0 Å². The van der Waals surface area contributed by atoms with Gasteiger partial charge in [0.15, 0.2) is 11.5 Å². The highest BCUT2D eigenvalue weighted by Gasteiger charge is 2.07. The number of aromatic hydroxyl groups is 1. The predicted molar refractivity (Wildman–Crippen MR) is 94.8 cm³/mol. The maximum atomic E-state index is 11.7. The molecule has 0 bridgehead atoms.